The fraction of sp³-hybridized carbons (Fsp3) is 0.643. The Morgan fingerprint density at radius 3 is 2.76 bits per heavy atom. The van der Waals surface area contributed by atoms with Crippen molar-refractivity contribution in [3.8, 4) is 0 Å². The van der Waals surface area contributed by atoms with Gasteiger partial charge < -0.3 is 5.73 Å². The molecular weight excluding hydrogens is 210 g/mol. The first-order valence-electron chi connectivity index (χ1n) is 6.36. The van der Waals surface area contributed by atoms with Crippen molar-refractivity contribution in [2.45, 2.75) is 45.3 Å². The van der Waals surface area contributed by atoms with Crippen LogP contribution in [0, 0.1) is 5.41 Å². The number of rotatable bonds is 3. The van der Waals surface area contributed by atoms with Crippen molar-refractivity contribution in [3.63, 3.8) is 0 Å². The standard InChI is InChI=1S/C14H23N3/c1-14(2)8-7-12(13(14)15)17(3)10-11-6-4-5-9-16-11/h4-6,9,12-13H,7-8,10,15H2,1-3H3. The van der Waals surface area contributed by atoms with Crippen molar-refractivity contribution >= 4 is 0 Å². The second-order valence-corrected chi connectivity index (χ2v) is 5.86. The Hall–Kier alpha value is -0.930. The van der Waals surface area contributed by atoms with Crippen LogP contribution >= 0.6 is 0 Å². The van der Waals surface area contributed by atoms with Gasteiger partial charge in [0.15, 0.2) is 0 Å². The highest BCUT2D eigenvalue weighted by atomic mass is 15.2. The van der Waals surface area contributed by atoms with Crippen LogP contribution in [-0.4, -0.2) is 29.0 Å². The summed E-state index contributed by atoms with van der Waals surface area (Å²) in [7, 11) is 2.15. The van der Waals surface area contributed by atoms with E-state index in [-0.39, 0.29) is 11.5 Å². The number of pyridine rings is 1. The minimum atomic E-state index is 0.260. The van der Waals surface area contributed by atoms with Gasteiger partial charge in [0.2, 0.25) is 0 Å². The van der Waals surface area contributed by atoms with Gasteiger partial charge in [0, 0.05) is 24.8 Å². The Morgan fingerprint density at radius 1 is 1.47 bits per heavy atom. The van der Waals surface area contributed by atoms with Gasteiger partial charge in [-0.2, -0.15) is 0 Å². The lowest BCUT2D eigenvalue weighted by molar-refractivity contribution is 0.190. The summed E-state index contributed by atoms with van der Waals surface area (Å²) in [5.74, 6) is 0. The molecule has 2 N–H and O–H groups in total. The van der Waals surface area contributed by atoms with Crippen LogP contribution in [0.15, 0.2) is 24.4 Å². The molecule has 0 aliphatic heterocycles. The van der Waals surface area contributed by atoms with Crippen LogP contribution in [0.5, 0.6) is 0 Å². The minimum Gasteiger partial charge on any atom is -0.326 e. The maximum Gasteiger partial charge on any atom is 0.0543 e. The Bertz CT molecular complexity index is 361. The van der Waals surface area contributed by atoms with E-state index >= 15 is 0 Å². The average molecular weight is 233 g/mol. The molecule has 17 heavy (non-hydrogen) atoms. The fourth-order valence-corrected chi connectivity index (χ4v) is 2.75. The fourth-order valence-electron chi connectivity index (χ4n) is 2.75. The van der Waals surface area contributed by atoms with Crippen molar-refractivity contribution in [1.82, 2.24) is 9.88 Å². The van der Waals surface area contributed by atoms with E-state index < -0.39 is 0 Å². The molecule has 1 saturated carbocycles. The maximum absolute atomic E-state index is 6.35. The van der Waals surface area contributed by atoms with Gasteiger partial charge >= 0.3 is 0 Å². The lowest BCUT2D eigenvalue weighted by atomic mass is 9.87. The molecule has 2 atom stereocenters. The lowest BCUT2D eigenvalue weighted by Crippen LogP contribution is -2.47. The van der Waals surface area contributed by atoms with Crippen LogP contribution in [0.2, 0.25) is 0 Å². The molecule has 1 aliphatic carbocycles. The number of likely N-dealkylation sites (N-methyl/N-ethyl adjacent to an activating group) is 1. The molecule has 1 aromatic rings. The van der Waals surface area contributed by atoms with E-state index in [9.17, 15) is 0 Å². The molecule has 0 saturated heterocycles. The van der Waals surface area contributed by atoms with Crippen LogP contribution in [-0.2, 0) is 6.54 Å². The third-order valence-corrected chi connectivity index (χ3v) is 4.11. The van der Waals surface area contributed by atoms with Gasteiger partial charge in [0.25, 0.3) is 0 Å². The summed E-state index contributed by atoms with van der Waals surface area (Å²) in [5, 5.41) is 0. The smallest absolute Gasteiger partial charge is 0.0543 e. The zero-order valence-corrected chi connectivity index (χ0v) is 11.1. The summed E-state index contributed by atoms with van der Waals surface area (Å²) in [4.78, 5) is 6.72. The zero-order chi connectivity index (χ0) is 12.5. The summed E-state index contributed by atoms with van der Waals surface area (Å²) in [6, 6.07) is 6.80. The van der Waals surface area contributed by atoms with Gasteiger partial charge in [-0.3, -0.25) is 9.88 Å². The van der Waals surface area contributed by atoms with Crippen molar-refractivity contribution in [2.75, 3.05) is 7.05 Å². The van der Waals surface area contributed by atoms with Crippen LogP contribution in [0.3, 0.4) is 0 Å². The molecule has 94 valence electrons. The van der Waals surface area contributed by atoms with Crippen molar-refractivity contribution < 1.29 is 0 Å². The first-order valence-corrected chi connectivity index (χ1v) is 6.36. The SMILES string of the molecule is CN(Cc1ccccn1)C1CCC(C)(C)C1N. The molecule has 3 heteroatoms. The highest BCUT2D eigenvalue weighted by Gasteiger charge is 2.41. The van der Waals surface area contributed by atoms with Gasteiger partial charge in [0.1, 0.15) is 0 Å². The molecule has 1 fully saturated rings. The summed E-state index contributed by atoms with van der Waals surface area (Å²) >= 11 is 0. The zero-order valence-electron chi connectivity index (χ0n) is 11.1. The van der Waals surface area contributed by atoms with E-state index in [0.717, 1.165) is 12.2 Å². The third-order valence-electron chi connectivity index (χ3n) is 4.11. The van der Waals surface area contributed by atoms with Gasteiger partial charge in [-0.25, -0.2) is 0 Å². The van der Waals surface area contributed by atoms with Crippen LogP contribution in [0.25, 0.3) is 0 Å². The van der Waals surface area contributed by atoms with Crippen molar-refractivity contribution in [3.05, 3.63) is 30.1 Å². The second-order valence-electron chi connectivity index (χ2n) is 5.86. The Balaban J connectivity index is 2.00. The number of aromatic nitrogens is 1. The summed E-state index contributed by atoms with van der Waals surface area (Å²) in [6.45, 7) is 5.42. The Labute approximate surface area is 104 Å². The number of nitrogens with two attached hydrogens (primary N) is 1. The molecule has 0 amide bonds. The lowest BCUT2D eigenvalue weighted by Gasteiger charge is -2.32. The molecule has 2 unspecified atom stereocenters. The molecule has 0 bridgehead atoms. The highest BCUT2D eigenvalue weighted by Crippen LogP contribution is 2.38. The van der Waals surface area contributed by atoms with Crippen molar-refractivity contribution in [1.29, 1.82) is 0 Å². The summed E-state index contributed by atoms with van der Waals surface area (Å²) in [5.41, 5.74) is 7.73. The van der Waals surface area contributed by atoms with Gasteiger partial charge in [0.05, 0.1) is 5.69 Å². The molecule has 2 rings (SSSR count). The number of hydrogen-bond donors (Lipinski definition) is 1. The van der Waals surface area contributed by atoms with E-state index in [2.05, 4.69) is 36.8 Å². The largest absolute Gasteiger partial charge is 0.326 e. The van der Waals surface area contributed by atoms with E-state index in [4.69, 9.17) is 5.73 Å². The highest BCUT2D eigenvalue weighted by molar-refractivity contribution is 5.05. The molecule has 0 radical (unpaired) electrons. The Morgan fingerprint density at radius 2 is 2.24 bits per heavy atom. The molecular formula is C14H23N3. The second kappa shape index (κ2) is 4.75. The molecule has 1 heterocycles. The topological polar surface area (TPSA) is 42.2 Å². The van der Waals surface area contributed by atoms with Crippen LogP contribution < -0.4 is 5.73 Å². The first kappa shape index (κ1) is 12.5. The average Bonchev–Trinajstić information content (AvgIpc) is 2.56. The van der Waals surface area contributed by atoms with E-state index in [1.807, 2.05) is 18.3 Å². The van der Waals surface area contributed by atoms with E-state index in [1.165, 1.54) is 12.8 Å². The minimum absolute atomic E-state index is 0.260. The Kier molecular flexibility index (Phi) is 3.50. The molecule has 1 aromatic heterocycles. The quantitative estimate of drug-likeness (QED) is 0.868. The van der Waals surface area contributed by atoms with Gasteiger partial charge in [-0.1, -0.05) is 19.9 Å². The molecule has 1 aliphatic rings. The summed E-state index contributed by atoms with van der Waals surface area (Å²) < 4.78 is 0. The maximum atomic E-state index is 6.35. The normalized spacial score (nSPS) is 27.6. The monoisotopic (exact) mass is 233 g/mol. The van der Waals surface area contributed by atoms with Gasteiger partial charge in [-0.05, 0) is 37.4 Å². The predicted octanol–water partition coefficient (Wildman–Crippen LogP) is 2.03. The molecule has 0 aromatic carbocycles. The first-order chi connectivity index (χ1) is 8.00. The number of hydrogen-bond acceptors (Lipinski definition) is 3. The van der Waals surface area contributed by atoms with E-state index in [1.54, 1.807) is 0 Å². The third kappa shape index (κ3) is 2.67. The van der Waals surface area contributed by atoms with Crippen LogP contribution in [0.1, 0.15) is 32.4 Å². The van der Waals surface area contributed by atoms with E-state index in [0.29, 0.717) is 6.04 Å². The van der Waals surface area contributed by atoms with Gasteiger partial charge in [-0.15, -0.1) is 0 Å². The summed E-state index contributed by atoms with van der Waals surface area (Å²) in [6.07, 6.45) is 4.25. The van der Waals surface area contributed by atoms with Crippen LogP contribution in [0.4, 0.5) is 0 Å². The van der Waals surface area contributed by atoms with Crippen molar-refractivity contribution in [2.24, 2.45) is 11.1 Å². The molecule has 0 spiro atoms. The number of nitrogens with zero attached hydrogens (tertiary/aromatic N) is 2. The predicted molar refractivity (Wildman–Crippen MR) is 70.5 cm³/mol. The molecule has 3 nitrogen and oxygen atoms in total.